The maximum absolute atomic E-state index is 10.8. The van der Waals surface area contributed by atoms with Gasteiger partial charge in [0.15, 0.2) is 0 Å². The van der Waals surface area contributed by atoms with Gasteiger partial charge in [0, 0.05) is 17.8 Å². The van der Waals surface area contributed by atoms with Crippen LogP contribution < -0.4 is 5.73 Å². The lowest BCUT2D eigenvalue weighted by atomic mass is 10.2. The third kappa shape index (κ3) is 1.67. The summed E-state index contributed by atoms with van der Waals surface area (Å²) in [6, 6.07) is 0. The van der Waals surface area contributed by atoms with Gasteiger partial charge in [0.25, 0.3) is 0 Å². The molecule has 0 aromatic rings. The molecule has 0 unspecified atom stereocenters. The van der Waals surface area contributed by atoms with E-state index in [1.807, 2.05) is 18.0 Å². The third-order valence-electron chi connectivity index (χ3n) is 2.17. The summed E-state index contributed by atoms with van der Waals surface area (Å²) < 4.78 is 0. The summed E-state index contributed by atoms with van der Waals surface area (Å²) in [6.45, 7) is 4.62. The predicted octanol–water partition coefficient (Wildman–Crippen LogP) is 0.985. The fraction of sp³-hybridized carbons (Fsp3) is 0.444. The molecule has 1 heterocycles. The lowest BCUT2D eigenvalue weighted by Gasteiger charge is -2.17. The number of rotatable bonds is 2. The highest BCUT2D eigenvalue weighted by Gasteiger charge is 2.10. The Hall–Kier alpha value is -1.25. The molecule has 2 N–H and O–H groups in total. The van der Waals surface area contributed by atoms with Crippen molar-refractivity contribution < 1.29 is 4.79 Å². The lowest BCUT2D eigenvalue weighted by molar-refractivity contribution is -0.114. The summed E-state index contributed by atoms with van der Waals surface area (Å²) in [5.74, 6) is -0.340. The zero-order chi connectivity index (χ0) is 9.14. The molecule has 0 saturated heterocycles. The minimum atomic E-state index is -0.340. The van der Waals surface area contributed by atoms with Gasteiger partial charge in [-0.15, -0.1) is 0 Å². The molecule has 0 bridgehead atoms. The Labute approximate surface area is 72.5 Å². The molecule has 0 fully saturated rings. The maximum atomic E-state index is 10.8. The molecule has 0 atom stereocenters. The van der Waals surface area contributed by atoms with Crippen molar-refractivity contribution in [3.05, 3.63) is 23.5 Å². The Morgan fingerprint density at radius 2 is 2.17 bits per heavy atom. The van der Waals surface area contributed by atoms with E-state index in [9.17, 15) is 4.79 Å². The van der Waals surface area contributed by atoms with Gasteiger partial charge in [-0.1, -0.05) is 6.08 Å². The molecule has 1 aliphatic rings. The largest absolute Gasteiger partial charge is 0.366 e. The first-order valence-electron chi connectivity index (χ1n) is 4.03. The first-order valence-corrected chi connectivity index (χ1v) is 4.03. The van der Waals surface area contributed by atoms with E-state index in [0.717, 1.165) is 18.7 Å². The fourth-order valence-electron chi connectivity index (χ4n) is 1.16. The Morgan fingerprint density at radius 1 is 1.50 bits per heavy atom. The fourth-order valence-corrected chi connectivity index (χ4v) is 1.16. The van der Waals surface area contributed by atoms with Crippen LogP contribution in [-0.4, -0.2) is 17.4 Å². The maximum Gasteiger partial charge on any atom is 0.246 e. The van der Waals surface area contributed by atoms with Crippen molar-refractivity contribution in [2.45, 2.75) is 20.3 Å². The summed E-state index contributed by atoms with van der Waals surface area (Å²) in [6.07, 6.45) is 5.11. The van der Waals surface area contributed by atoms with Crippen LogP contribution in [0.3, 0.4) is 0 Å². The van der Waals surface area contributed by atoms with Crippen LogP contribution in [0.15, 0.2) is 23.5 Å². The molecule has 12 heavy (non-hydrogen) atoms. The molecule has 0 aliphatic carbocycles. The summed E-state index contributed by atoms with van der Waals surface area (Å²) in [7, 11) is 0. The summed E-state index contributed by atoms with van der Waals surface area (Å²) >= 11 is 0. The molecule has 0 aromatic heterocycles. The number of hydrogen-bond acceptors (Lipinski definition) is 2. The van der Waals surface area contributed by atoms with Crippen molar-refractivity contribution in [2.75, 3.05) is 6.54 Å². The van der Waals surface area contributed by atoms with Crippen molar-refractivity contribution in [1.29, 1.82) is 0 Å². The van der Waals surface area contributed by atoms with Crippen molar-refractivity contribution in [2.24, 2.45) is 5.73 Å². The standard InChI is InChI=1S/C9H14N2O/c1-7(9(10)12)8(2)11-5-3-4-6-11/h3,5H,4,6H2,1-2H3,(H2,10,12). The van der Waals surface area contributed by atoms with Crippen molar-refractivity contribution in [1.82, 2.24) is 4.90 Å². The minimum absolute atomic E-state index is 0.340. The van der Waals surface area contributed by atoms with E-state index in [4.69, 9.17) is 5.73 Å². The van der Waals surface area contributed by atoms with Gasteiger partial charge >= 0.3 is 0 Å². The average Bonchev–Trinajstić information content (AvgIpc) is 2.53. The minimum Gasteiger partial charge on any atom is -0.366 e. The number of allylic oxidation sites excluding steroid dienone is 1. The number of carbonyl (C=O) groups is 1. The summed E-state index contributed by atoms with van der Waals surface area (Å²) in [4.78, 5) is 12.9. The highest BCUT2D eigenvalue weighted by molar-refractivity contribution is 5.91. The molecule has 0 saturated carbocycles. The summed E-state index contributed by atoms with van der Waals surface area (Å²) in [5, 5.41) is 0. The van der Waals surface area contributed by atoms with E-state index in [1.165, 1.54) is 0 Å². The van der Waals surface area contributed by atoms with E-state index >= 15 is 0 Å². The van der Waals surface area contributed by atoms with Crippen LogP contribution >= 0.6 is 0 Å². The molecule has 0 spiro atoms. The van der Waals surface area contributed by atoms with Crippen LogP contribution in [0, 0.1) is 0 Å². The molecule has 66 valence electrons. The normalized spacial score (nSPS) is 18.0. The second kappa shape index (κ2) is 3.43. The number of carbonyl (C=O) groups excluding carboxylic acids is 1. The Morgan fingerprint density at radius 3 is 2.58 bits per heavy atom. The van der Waals surface area contributed by atoms with E-state index in [0.29, 0.717) is 5.57 Å². The number of primary amides is 1. The molecular formula is C9H14N2O. The number of amides is 1. The molecule has 0 radical (unpaired) electrons. The van der Waals surface area contributed by atoms with Crippen molar-refractivity contribution in [3.8, 4) is 0 Å². The smallest absolute Gasteiger partial charge is 0.246 e. The molecule has 1 aliphatic heterocycles. The highest BCUT2D eigenvalue weighted by Crippen LogP contribution is 2.14. The van der Waals surface area contributed by atoms with Crippen LogP contribution in [-0.2, 0) is 4.79 Å². The van der Waals surface area contributed by atoms with Crippen LogP contribution in [0.25, 0.3) is 0 Å². The van der Waals surface area contributed by atoms with E-state index < -0.39 is 0 Å². The van der Waals surface area contributed by atoms with Gasteiger partial charge in [-0.2, -0.15) is 0 Å². The summed E-state index contributed by atoms with van der Waals surface area (Å²) in [5.41, 5.74) is 6.75. The third-order valence-corrected chi connectivity index (χ3v) is 2.17. The van der Waals surface area contributed by atoms with Crippen LogP contribution in [0.4, 0.5) is 0 Å². The van der Waals surface area contributed by atoms with Gasteiger partial charge < -0.3 is 10.6 Å². The van der Waals surface area contributed by atoms with Crippen LogP contribution in [0.2, 0.25) is 0 Å². The van der Waals surface area contributed by atoms with Crippen molar-refractivity contribution >= 4 is 5.91 Å². The van der Waals surface area contributed by atoms with Gasteiger partial charge in [0.1, 0.15) is 0 Å². The van der Waals surface area contributed by atoms with E-state index in [-0.39, 0.29) is 5.91 Å². The SMILES string of the molecule is CC(C(N)=O)=C(C)N1C=CCC1. The number of nitrogens with two attached hydrogens (primary N) is 1. The molecular weight excluding hydrogens is 152 g/mol. The van der Waals surface area contributed by atoms with E-state index in [2.05, 4.69) is 6.08 Å². The van der Waals surface area contributed by atoms with Gasteiger partial charge in [0.2, 0.25) is 5.91 Å². The molecule has 3 nitrogen and oxygen atoms in total. The molecule has 1 rings (SSSR count). The van der Waals surface area contributed by atoms with Crippen LogP contribution in [0.5, 0.6) is 0 Å². The Kier molecular flexibility index (Phi) is 2.53. The lowest BCUT2D eigenvalue weighted by Crippen LogP contribution is -2.20. The zero-order valence-corrected chi connectivity index (χ0v) is 7.50. The monoisotopic (exact) mass is 166 g/mol. The van der Waals surface area contributed by atoms with Crippen LogP contribution in [0.1, 0.15) is 20.3 Å². The average molecular weight is 166 g/mol. The van der Waals surface area contributed by atoms with Gasteiger partial charge in [-0.05, 0) is 26.5 Å². The van der Waals surface area contributed by atoms with E-state index in [1.54, 1.807) is 6.92 Å². The quantitative estimate of drug-likeness (QED) is 0.622. The molecule has 1 amide bonds. The molecule has 3 heteroatoms. The predicted molar refractivity (Wildman–Crippen MR) is 48.0 cm³/mol. The first kappa shape index (κ1) is 8.84. The van der Waals surface area contributed by atoms with Crippen molar-refractivity contribution in [3.63, 3.8) is 0 Å². The highest BCUT2D eigenvalue weighted by atomic mass is 16.1. The van der Waals surface area contributed by atoms with Gasteiger partial charge in [-0.3, -0.25) is 4.79 Å². The second-order valence-corrected chi connectivity index (χ2v) is 2.94. The second-order valence-electron chi connectivity index (χ2n) is 2.94. The Balaban J connectivity index is 2.79. The molecule has 0 aromatic carbocycles. The Bertz CT molecular complexity index is 253. The van der Waals surface area contributed by atoms with Gasteiger partial charge in [-0.25, -0.2) is 0 Å². The van der Waals surface area contributed by atoms with Gasteiger partial charge in [0.05, 0.1) is 0 Å². The zero-order valence-electron chi connectivity index (χ0n) is 7.50. The first-order chi connectivity index (χ1) is 5.63. The topological polar surface area (TPSA) is 46.3 Å². The number of hydrogen-bond donors (Lipinski definition) is 1. The number of nitrogens with zero attached hydrogens (tertiary/aromatic N) is 1.